The largest absolute Gasteiger partial charge is 0.519 e. The summed E-state index contributed by atoms with van der Waals surface area (Å²) in [7, 11) is 0. The average molecular weight is 330 g/mol. The van der Waals surface area contributed by atoms with E-state index in [4.69, 9.17) is 9.47 Å². The predicted octanol–water partition coefficient (Wildman–Crippen LogP) is 3.25. The summed E-state index contributed by atoms with van der Waals surface area (Å²) in [5, 5.41) is 9.95. The maximum atomic E-state index is 11.6. The van der Waals surface area contributed by atoms with Gasteiger partial charge in [-0.3, -0.25) is 0 Å². The lowest BCUT2D eigenvalue weighted by atomic mass is 10.3. The van der Waals surface area contributed by atoms with Crippen LogP contribution in [0.1, 0.15) is 0 Å². The van der Waals surface area contributed by atoms with Gasteiger partial charge < -0.3 is 24.1 Å². The monoisotopic (exact) mass is 330 g/mol. The first kappa shape index (κ1) is 17.0. The van der Waals surface area contributed by atoms with Gasteiger partial charge in [0.25, 0.3) is 0 Å². The molecule has 0 radical (unpaired) electrons. The molecule has 0 saturated carbocycles. The summed E-state index contributed by atoms with van der Waals surface area (Å²) >= 11 is 0. The molecule has 0 fully saturated rings. The molecule has 0 unspecified atom stereocenters. The van der Waals surface area contributed by atoms with Crippen molar-refractivity contribution in [2.45, 2.75) is 5.97 Å². The lowest BCUT2D eigenvalue weighted by Crippen LogP contribution is -2.39. The lowest BCUT2D eigenvalue weighted by Gasteiger charge is -2.22. The lowest BCUT2D eigenvalue weighted by molar-refractivity contribution is -0.276. The molecule has 2 rings (SSSR count). The van der Waals surface area contributed by atoms with Crippen LogP contribution < -0.4 is 9.47 Å². The van der Waals surface area contributed by atoms with Crippen molar-refractivity contribution in [3.8, 4) is 11.5 Å². The number of carbonyl (C=O) groups excluding carboxylic acids is 2. The van der Waals surface area contributed by atoms with E-state index >= 15 is 0 Å². The van der Waals surface area contributed by atoms with Crippen molar-refractivity contribution in [1.82, 2.24) is 0 Å². The van der Waals surface area contributed by atoms with E-state index in [1.54, 1.807) is 36.4 Å². The van der Waals surface area contributed by atoms with Gasteiger partial charge in [0.1, 0.15) is 11.5 Å². The van der Waals surface area contributed by atoms with Crippen molar-refractivity contribution in [3.63, 3.8) is 0 Å². The van der Waals surface area contributed by atoms with Crippen LogP contribution in [0.4, 0.5) is 9.59 Å². The van der Waals surface area contributed by atoms with Crippen LogP contribution in [0.25, 0.3) is 0 Å². The van der Waals surface area contributed by atoms with E-state index in [2.05, 4.69) is 16.1 Å². The molecule has 0 aliphatic rings. The van der Waals surface area contributed by atoms with E-state index in [-0.39, 0.29) is 11.5 Å². The maximum absolute atomic E-state index is 11.6. The van der Waals surface area contributed by atoms with Gasteiger partial charge >= 0.3 is 18.3 Å². The Morgan fingerprint density at radius 3 is 1.54 bits per heavy atom. The number of hydrogen-bond donors (Lipinski definition) is 1. The van der Waals surface area contributed by atoms with Crippen LogP contribution in [-0.2, 0) is 9.47 Å². The number of rotatable bonds is 5. The maximum Gasteiger partial charge on any atom is 0.519 e. The van der Waals surface area contributed by atoms with E-state index in [9.17, 15) is 14.7 Å². The Labute approximate surface area is 137 Å². The normalized spacial score (nSPS) is 10.4. The third kappa shape index (κ3) is 5.15. The van der Waals surface area contributed by atoms with Crippen molar-refractivity contribution in [2.75, 3.05) is 0 Å². The average Bonchev–Trinajstić information content (AvgIpc) is 2.56. The highest BCUT2D eigenvalue weighted by Crippen LogP contribution is 2.17. The number of aliphatic hydroxyl groups is 1. The smallest absolute Gasteiger partial charge is 0.395 e. The number of benzene rings is 2. The molecule has 0 heterocycles. The first-order chi connectivity index (χ1) is 11.5. The first-order valence-electron chi connectivity index (χ1n) is 6.78. The Hall–Kier alpha value is -3.32. The molecule has 0 aromatic heterocycles. The molecule has 124 valence electrons. The zero-order valence-corrected chi connectivity index (χ0v) is 12.5. The van der Waals surface area contributed by atoms with E-state index in [1.807, 2.05) is 0 Å². The van der Waals surface area contributed by atoms with E-state index in [0.717, 1.165) is 0 Å². The minimum absolute atomic E-state index is 0.181. The van der Waals surface area contributed by atoms with Gasteiger partial charge in [-0.2, -0.15) is 0 Å². The molecule has 0 aliphatic heterocycles. The molecule has 0 bridgehead atoms. The molecule has 1 N–H and O–H groups in total. The molecular weight excluding hydrogens is 316 g/mol. The highest BCUT2D eigenvalue weighted by Gasteiger charge is 2.35. The van der Waals surface area contributed by atoms with Crippen LogP contribution in [0.2, 0.25) is 0 Å². The molecule has 0 saturated heterocycles. The van der Waals surface area contributed by atoms with Crippen molar-refractivity contribution in [2.24, 2.45) is 0 Å². The third-order valence-electron chi connectivity index (χ3n) is 2.61. The fourth-order valence-corrected chi connectivity index (χ4v) is 1.55. The molecule has 24 heavy (non-hydrogen) atoms. The highest BCUT2D eigenvalue weighted by molar-refractivity contribution is 5.66. The summed E-state index contributed by atoms with van der Waals surface area (Å²) < 4.78 is 18.7. The van der Waals surface area contributed by atoms with Gasteiger partial charge in [0.15, 0.2) is 0 Å². The molecule has 0 amide bonds. The van der Waals surface area contributed by atoms with Crippen LogP contribution in [-0.4, -0.2) is 23.4 Å². The molecule has 7 heteroatoms. The van der Waals surface area contributed by atoms with Crippen LogP contribution in [0, 0.1) is 0 Å². The molecule has 0 atom stereocenters. The molecule has 2 aromatic rings. The fraction of sp³-hybridized carbons (Fsp3) is 0.0588. The summed E-state index contributed by atoms with van der Waals surface area (Å²) in [5.41, 5.74) is 0. The van der Waals surface area contributed by atoms with Gasteiger partial charge in [0, 0.05) is 6.08 Å². The number of carbonyl (C=O) groups is 2. The topological polar surface area (TPSA) is 91.3 Å². The first-order valence-corrected chi connectivity index (χ1v) is 6.78. The highest BCUT2D eigenvalue weighted by atomic mass is 16.9. The SMILES string of the molecule is C=CC(O)(OC(=O)Oc1ccccc1)OC(=O)Oc1ccccc1. The van der Waals surface area contributed by atoms with Crippen molar-refractivity contribution >= 4 is 12.3 Å². The number of hydrogen-bond acceptors (Lipinski definition) is 7. The molecule has 0 aliphatic carbocycles. The van der Waals surface area contributed by atoms with Crippen molar-refractivity contribution in [3.05, 3.63) is 73.3 Å². The van der Waals surface area contributed by atoms with E-state index in [1.165, 1.54) is 24.3 Å². The van der Waals surface area contributed by atoms with Gasteiger partial charge in [-0.15, -0.1) is 0 Å². The number of para-hydroxylation sites is 2. The van der Waals surface area contributed by atoms with Crippen LogP contribution >= 0.6 is 0 Å². The Kier molecular flexibility index (Phi) is 5.54. The van der Waals surface area contributed by atoms with Crippen LogP contribution in [0.3, 0.4) is 0 Å². The summed E-state index contributed by atoms with van der Waals surface area (Å²) in [6, 6.07) is 16.0. The summed E-state index contributed by atoms with van der Waals surface area (Å²) in [5.74, 6) is -2.38. The van der Waals surface area contributed by atoms with Gasteiger partial charge in [0.05, 0.1) is 0 Å². The van der Waals surface area contributed by atoms with Crippen LogP contribution in [0.5, 0.6) is 11.5 Å². The zero-order valence-electron chi connectivity index (χ0n) is 12.5. The van der Waals surface area contributed by atoms with Gasteiger partial charge in [-0.1, -0.05) is 43.0 Å². The van der Waals surface area contributed by atoms with Gasteiger partial charge in [-0.25, -0.2) is 9.59 Å². The van der Waals surface area contributed by atoms with Crippen molar-refractivity contribution < 1.29 is 33.6 Å². The van der Waals surface area contributed by atoms with E-state index in [0.29, 0.717) is 6.08 Å². The summed E-state index contributed by atoms with van der Waals surface area (Å²) in [4.78, 5) is 23.3. The van der Waals surface area contributed by atoms with Crippen LogP contribution in [0.15, 0.2) is 73.3 Å². The predicted molar refractivity (Wildman–Crippen MR) is 82.2 cm³/mol. The zero-order chi connectivity index (χ0) is 17.4. The van der Waals surface area contributed by atoms with Gasteiger partial charge in [-0.05, 0) is 24.3 Å². The molecular formula is C17H14O7. The Morgan fingerprint density at radius 2 is 1.21 bits per heavy atom. The molecule has 0 spiro atoms. The quantitative estimate of drug-likeness (QED) is 0.389. The Bertz CT molecular complexity index is 642. The summed E-state index contributed by atoms with van der Waals surface area (Å²) in [6.07, 6.45) is -1.89. The van der Waals surface area contributed by atoms with Crippen molar-refractivity contribution in [1.29, 1.82) is 0 Å². The van der Waals surface area contributed by atoms with Gasteiger partial charge in [0.2, 0.25) is 0 Å². The fourth-order valence-electron chi connectivity index (χ4n) is 1.55. The third-order valence-corrected chi connectivity index (χ3v) is 2.61. The summed E-state index contributed by atoms with van der Waals surface area (Å²) in [6.45, 7) is 3.24. The number of ether oxygens (including phenoxy) is 4. The second-order valence-electron chi connectivity index (χ2n) is 4.37. The van der Waals surface area contributed by atoms with E-state index < -0.39 is 18.3 Å². The molecule has 2 aromatic carbocycles. The second kappa shape index (κ2) is 7.80. The minimum atomic E-state index is -2.74. The minimum Gasteiger partial charge on any atom is -0.395 e. The standard InChI is InChI=1S/C17H14O7/c1-2-17(20,23-15(18)21-13-9-5-3-6-10-13)24-16(19)22-14-11-7-4-8-12-14/h2-12,20H,1H2. The molecule has 7 nitrogen and oxygen atoms in total. The Morgan fingerprint density at radius 1 is 0.833 bits per heavy atom. The Balaban J connectivity index is 1.93. The second-order valence-corrected chi connectivity index (χ2v) is 4.37.